The monoisotopic (exact) mass is 265 g/mol. The third kappa shape index (κ3) is 2.01. The lowest BCUT2D eigenvalue weighted by molar-refractivity contribution is 0.0945. The van der Waals surface area contributed by atoms with E-state index in [0.717, 1.165) is 35.2 Å². The molecule has 20 heavy (non-hydrogen) atoms. The first-order valence-electron chi connectivity index (χ1n) is 7.01. The van der Waals surface area contributed by atoms with Gasteiger partial charge >= 0.3 is 0 Å². The zero-order chi connectivity index (χ0) is 14.3. The number of rotatable bonds is 3. The van der Waals surface area contributed by atoms with Gasteiger partial charge in [0.15, 0.2) is 5.78 Å². The molecule has 0 spiro atoms. The van der Waals surface area contributed by atoms with Crippen LogP contribution in [0.1, 0.15) is 39.9 Å². The predicted molar refractivity (Wildman–Crippen MR) is 82.0 cm³/mol. The minimum absolute atomic E-state index is 0.250. The molecule has 2 aromatic carbocycles. The molecular weight excluding hydrogens is 246 g/mol. The molecule has 0 aliphatic heterocycles. The Hall–Kier alpha value is -2.09. The number of ketones is 1. The van der Waals surface area contributed by atoms with E-state index in [1.54, 1.807) is 0 Å². The SMILES string of the molecule is Cc1ccc(C(=O)C2(c3ccc(N)cc3)CC2)c(C)c1. The molecule has 2 N–H and O–H groups in total. The van der Waals surface area contributed by atoms with E-state index in [4.69, 9.17) is 5.73 Å². The van der Waals surface area contributed by atoms with Gasteiger partial charge in [0.2, 0.25) is 0 Å². The lowest BCUT2D eigenvalue weighted by atomic mass is 9.85. The quantitative estimate of drug-likeness (QED) is 0.677. The van der Waals surface area contributed by atoms with E-state index in [2.05, 4.69) is 6.07 Å². The van der Waals surface area contributed by atoms with Crippen LogP contribution in [0.25, 0.3) is 0 Å². The van der Waals surface area contributed by atoms with Crippen molar-refractivity contribution in [2.24, 2.45) is 0 Å². The molecular formula is C18H19NO. The number of anilines is 1. The minimum atomic E-state index is -0.312. The number of benzene rings is 2. The van der Waals surface area contributed by atoms with Gasteiger partial charge in [-0.3, -0.25) is 4.79 Å². The zero-order valence-electron chi connectivity index (χ0n) is 11.9. The van der Waals surface area contributed by atoms with Crippen LogP contribution in [0.5, 0.6) is 0 Å². The van der Waals surface area contributed by atoms with E-state index in [0.29, 0.717) is 0 Å². The average molecular weight is 265 g/mol. The van der Waals surface area contributed by atoms with Gasteiger partial charge < -0.3 is 5.73 Å². The molecule has 2 nitrogen and oxygen atoms in total. The Morgan fingerprint density at radius 1 is 1.05 bits per heavy atom. The number of hydrogen-bond donors (Lipinski definition) is 1. The number of nitrogen functional groups attached to an aromatic ring is 1. The van der Waals surface area contributed by atoms with E-state index in [9.17, 15) is 4.79 Å². The lowest BCUT2D eigenvalue weighted by Gasteiger charge is -2.16. The van der Waals surface area contributed by atoms with Gasteiger partial charge in [-0.2, -0.15) is 0 Å². The molecule has 0 heterocycles. The maximum absolute atomic E-state index is 12.9. The van der Waals surface area contributed by atoms with Gasteiger partial charge in [0.05, 0.1) is 5.41 Å². The summed E-state index contributed by atoms with van der Waals surface area (Å²) in [6.45, 7) is 4.06. The van der Waals surface area contributed by atoms with Gasteiger partial charge in [-0.1, -0.05) is 35.9 Å². The summed E-state index contributed by atoms with van der Waals surface area (Å²) in [7, 11) is 0. The first kappa shape index (κ1) is 12.9. The van der Waals surface area contributed by atoms with Crippen molar-refractivity contribution in [1.29, 1.82) is 0 Å². The molecule has 1 aliphatic carbocycles. The molecule has 3 rings (SSSR count). The lowest BCUT2D eigenvalue weighted by Crippen LogP contribution is -2.21. The van der Waals surface area contributed by atoms with Crippen molar-refractivity contribution in [3.05, 3.63) is 64.7 Å². The molecule has 0 bridgehead atoms. The molecule has 2 heteroatoms. The standard InChI is InChI=1S/C18H19NO/c1-12-3-8-16(13(2)11-12)17(20)18(9-10-18)14-4-6-15(19)7-5-14/h3-8,11H,9-10,19H2,1-2H3. The number of aryl methyl sites for hydroxylation is 2. The zero-order valence-corrected chi connectivity index (χ0v) is 11.9. The molecule has 0 unspecified atom stereocenters. The highest BCUT2D eigenvalue weighted by Gasteiger charge is 2.51. The largest absolute Gasteiger partial charge is 0.399 e. The Morgan fingerprint density at radius 3 is 2.25 bits per heavy atom. The Bertz CT molecular complexity index is 666. The fraction of sp³-hybridized carbons (Fsp3) is 0.278. The summed E-state index contributed by atoms with van der Waals surface area (Å²) in [6.07, 6.45) is 1.87. The third-order valence-electron chi connectivity index (χ3n) is 4.27. The molecule has 1 aliphatic rings. The van der Waals surface area contributed by atoms with Gasteiger partial charge in [0.25, 0.3) is 0 Å². The smallest absolute Gasteiger partial charge is 0.173 e. The summed E-state index contributed by atoms with van der Waals surface area (Å²) >= 11 is 0. The van der Waals surface area contributed by atoms with Crippen molar-refractivity contribution in [1.82, 2.24) is 0 Å². The first-order valence-corrected chi connectivity index (χ1v) is 7.01. The summed E-state index contributed by atoms with van der Waals surface area (Å²) in [6, 6.07) is 13.8. The van der Waals surface area contributed by atoms with E-state index in [-0.39, 0.29) is 11.2 Å². The van der Waals surface area contributed by atoms with Gasteiger partial charge in [0, 0.05) is 11.3 Å². The topological polar surface area (TPSA) is 43.1 Å². The Kier molecular flexibility index (Phi) is 2.89. The van der Waals surface area contributed by atoms with E-state index < -0.39 is 0 Å². The van der Waals surface area contributed by atoms with Crippen LogP contribution in [0.3, 0.4) is 0 Å². The summed E-state index contributed by atoms with van der Waals surface area (Å²) in [4.78, 5) is 12.9. The second kappa shape index (κ2) is 4.48. The Morgan fingerprint density at radius 2 is 1.70 bits per heavy atom. The summed E-state index contributed by atoms with van der Waals surface area (Å²) < 4.78 is 0. The summed E-state index contributed by atoms with van der Waals surface area (Å²) in [5.41, 5.74) is 10.4. The molecule has 0 atom stereocenters. The molecule has 1 fully saturated rings. The number of carbonyl (C=O) groups is 1. The van der Waals surface area contributed by atoms with Crippen molar-refractivity contribution < 1.29 is 4.79 Å². The molecule has 0 amide bonds. The van der Waals surface area contributed by atoms with Gasteiger partial charge in [-0.25, -0.2) is 0 Å². The van der Waals surface area contributed by atoms with Gasteiger partial charge in [-0.15, -0.1) is 0 Å². The molecule has 0 saturated heterocycles. The number of Topliss-reactive ketones (excluding diaryl/α,β-unsaturated/α-hetero) is 1. The van der Waals surface area contributed by atoms with Crippen LogP contribution in [-0.4, -0.2) is 5.78 Å². The average Bonchev–Trinajstić information content (AvgIpc) is 3.20. The molecule has 1 saturated carbocycles. The molecule has 0 aromatic heterocycles. The van der Waals surface area contributed by atoms with E-state index >= 15 is 0 Å². The van der Waals surface area contributed by atoms with Crippen LogP contribution < -0.4 is 5.73 Å². The van der Waals surface area contributed by atoms with Crippen molar-refractivity contribution in [2.75, 3.05) is 5.73 Å². The van der Waals surface area contributed by atoms with E-state index in [1.807, 2.05) is 50.2 Å². The summed E-state index contributed by atoms with van der Waals surface area (Å²) in [5.74, 6) is 0.250. The molecule has 2 aromatic rings. The second-order valence-electron chi connectivity index (χ2n) is 5.85. The van der Waals surface area contributed by atoms with Crippen LogP contribution in [0, 0.1) is 13.8 Å². The maximum Gasteiger partial charge on any atom is 0.173 e. The van der Waals surface area contributed by atoms with Crippen LogP contribution in [0.15, 0.2) is 42.5 Å². The molecule has 102 valence electrons. The highest BCUT2D eigenvalue weighted by Crippen LogP contribution is 2.50. The third-order valence-corrected chi connectivity index (χ3v) is 4.27. The van der Waals surface area contributed by atoms with Crippen molar-refractivity contribution in [3.63, 3.8) is 0 Å². The maximum atomic E-state index is 12.9. The minimum Gasteiger partial charge on any atom is -0.399 e. The summed E-state index contributed by atoms with van der Waals surface area (Å²) in [5, 5.41) is 0. The predicted octanol–water partition coefficient (Wildman–Crippen LogP) is 3.80. The van der Waals surface area contributed by atoms with E-state index in [1.165, 1.54) is 5.56 Å². The number of hydrogen-bond acceptors (Lipinski definition) is 2. The van der Waals surface area contributed by atoms with Crippen LogP contribution in [-0.2, 0) is 5.41 Å². The first-order chi connectivity index (χ1) is 9.53. The number of nitrogens with two attached hydrogens (primary N) is 1. The Balaban J connectivity index is 1.99. The second-order valence-corrected chi connectivity index (χ2v) is 5.85. The van der Waals surface area contributed by atoms with Crippen LogP contribution >= 0.6 is 0 Å². The number of carbonyl (C=O) groups excluding carboxylic acids is 1. The molecule has 0 radical (unpaired) electrons. The highest BCUT2D eigenvalue weighted by molar-refractivity contribution is 6.07. The van der Waals surface area contributed by atoms with Crippen LogP contribution in [0.4, 0.5) is 5.69 Å². The Labute approximate surface area is 119 Å². The highest BCUT2D eigenvalue weighted by atomic mass is 16.1. The van der Waals surface area contributed by atoms with Crippen molar-refractivity contribution >= 4 is 11.5 Å². The van der Waals surface area contributed by atoms with Gasteiger partial charge in [0.1, 0.15) is 0 Å². The van der Waals surface area contributed by atoms with Crippen LogP contribution in [0.2, 0.25) is 0 Å². The fourth-order valence-electron chi connectivity index (χ4n) is 2.90. The van der Waals surface area contributed by atoms with Crippen molar-refractivity contribution in [2.45, 2.75) is 32.1 Å². The van der Waals surface area contributed by atoms with Gasteiger partial charge in [-0.05, 0) is 49.9 Å². The normalized spacial score (nSPS) is 15.9. The van der Waals surface area contributed by atoms with Crippen molar-refractivity contribution in [3.8, 4) is 0 Å². The fourth-order valence-corrected chi connectivity index (χ4v) is 2.90.